The van der Waals surface area contributed by atoms with Crippen LogP contribution in [-0.4, -0.2) is 35.0 Å². The number of carbonyl (C=O) groups is 1. The summed E-state index contributed by atoms with van der Waals surface area (Å²) in [5, 5.41) is 12.9. The number of carbonyl (C=O) groups excluding carboxylic acids is 1. The van der Waals surface area contributed by atoms with Crippen molar-refractivity contribution in [1.29, 1.82) is 0 Å². The van der Waals surface area contributed by atoms with E-state index in [2.05, 4.69) is 5.32 Å². The Morgan fingerprint density at radius 1 is 1.24 bits per heavy atom. The Morgan fingerprint density at radius 2 is 1.86 bits per heavy atom. The molecule has 0 spiro atoms. The van der Waals surface area contributed by atoms with E-state index in [1.54, 1.807) is 17.0 Å². The zero-order chi connectivity index (χ0) is 14.8. The molecule has 0 radical (unpaired) electrons. The normalized spacial score (nSPS) is 27.6. The second kappa shape index (κ2) is 6.06. The lowest BCUT2D eigenvalue weighted by atomic mass is 9.89. The molecular weight excluding hydrogens is 264 g/mol. The number of hydrogen-bond acceptors (Lipinski definition) is 3. The van der Waals surface area contributed by atoms with E-state index in [0.717, 1.165) is 18.4 Å². The minimum atomic E-state index is 0.231. The highest BCUT2D eigenvalue weighted by atomic mass is 16.3. The topological polar surface area (TPSA) is 52.6 Å². The van der Waals surface area contributed by atoms with Crippen LogP contribution in [0.2, 0.25) is 0 Å². The van der Waals surface area contributed by atoms with Gasteiger partial charge in [0, 0.05) is 32.1 Å². The van der Waals surface area contributed by atoms with E-state index >= 15 is 0 Å². The molecule has 2 fully saturated rings. The molecule has 0 aliphatic carbocycles. The highest BCUT2D eigenvalue weighted by Crippen LogP contribution is 2.33. The van der Waals surface area contributed by atoms with Crippen molar-refractivity contribution in [1.82, 2.24) is 10.2 Å². The molecule has 2 unspecified atom stereocenters. The summed E-state index contributed by atoms with van der Waals surface area (Å²) in [5.74, 6) is 1.03. The Labute approximate surface area is 126 Å². The highest BCUT2D eigenvalue weighted by Gasteiger charge is 2.34. The Hall–Kier alpha value is -1.55. The lowest BCUT2D eigenvalue weighted by Crippen LogP contribution is -2.39. The fourth-order valence-corrected chi connectivity index (χ4v) is 3.71. The van der Waals surface area contributed by atoms with Gasteiger partial charge in [0.25, 0.3) is 0 Å². The maximum absolute atomic E-state index is 12.4. The molecule has 3 rings (SSSR count). The molecule has 2 N–H and O–H groups in total. The second-order valence-electron chi connectivity index (χ2n) is 6.60. The highest BCUT2D eigenvalue weighted by molar-refractivity contribution is 5.76. The van der Waals surface area contributed by atoms with Gasteiger partial charge < -0.3 is 15.3 Å². The van der Waals surface area contributed by atoms with Crippen LogP contribution in [0.25, 0.3) is 0 Å². The zero-order valence-corrected chi connectivity index (χ0v) is 12.6. The molecule has 4 nitrogen and oxygen atoms in total. The zero-order valence-electron chi connectivity index (χ0n) is 12.6. The number of fused-ring (bicyclic) bond motifs is 2. The van der Waals surface area contributed by atoms with Gasteiger partial charge in [-0.25, -0.2) is 0 Å². The summed E-state index contributed by atoms with van der Waals surface area (Å²) in [5.41, 5.74) is 1.05. The first-order chi connectivity index (χ1) is 10.1. The van der Waals surface area contributed by atoms with E-state index in [1.807, 2.05) is 19.2 Å². The number of phenols is 1. The number of piperidine rings is 1. The van der Waals surface area contributed by atoms with E-state index < -0.39 is 0 Å². The molecule has 0 saturated carbocycles. The Morgan fingerprint density at radius 3 is 2.48 bits per heavy atom. The summed E-state index contributed by atoms with van der Waals surface area (Å²) in [6.45, 7) is 0.608. The smallest absolute Gasteiger partial charge is 0.222 e. The van der Waals surface area contributed by atoms with Gasteiger partial charge in [0.1, 0.15) is 5.75 Å². The number of benzene rings is 1. The molecular formula is C17H24N2O2. The second-order valence-corrected chi connectivity index (χ2v) is 6.60. The van der Waals surface area contributed by atoms with Crippen LogP contribution in [0.3, 0.4) is 0 Å². The van der Waals surface area contributed by atoms with Crippen molar-refractivity contribution in [3.63, 3.8) is 0 Å². The van der Waals surface area contributed by atoms with Crippen LogP contribution in [0, 0.1) is 5.92 Å². The monoisotopic (exact) mass is 288 g/mol. The molecule has 2 atom stereocenters. The van der Waals surface area contributed by atoms with Crippen molar-refractivity contribution in [2.75, 3.05) is 7.05 Å². The van der Waals surface area contributed by atoms with Crippen molar-refractivity contribution in [2.24, 2.45) is 5.92 Å². The number of rotatable bonds is 4. The molecule has 1 amide bonds. The van der Waals surface area contributed by atoms with Gasteiger partial charge in [-0.15, -0.1) is 0 Å². The lowest BCUT2D eigenvalue weighted by molar-refractivity contribution is -0.131. The predicted octanol–water partition coefficient (Wildman–Crippen LogP) is 2.27. The van der Waals surface area contributed by atoms with Crippen molar-refractivity contribution >= 4 is 5.91 Å². The number of nitrogens with zero attached hydrogens (tertiary/aromatic N) is 1. The quantitative estimate of drug-likeness (QED) is 0.893. The predicted molar refractivity (Wildman–Crippen MR) is 81.9 cm³/mol. The first-order valence-electron chi connectivity index (χ1n) is 7.88. The number of hydrogen-bond donors (Lipinski definition) is 2. The summed E-state index contributed by atoms with van der Waals surface area (Å²) >= 11 is 0. The van der Waals surface area contributed by atoms with E-state index in [-0.39, 0.29) is 11.7 Å². The number of nitrogens with one attached hydrogen (secondary N) is 1. The third-order valence-corrected chi connectivity index (χ3v) is 4.82. The third kappa shape index (κ3) is 3.56. The molecule has 2 aliphatic rings. The van der Waals surface area contributed by atoms with Crippen molar-refractivity contribution in [2.45, 2.75) is 50.7 Å². The maximum Gasteiger partial charge on any atom is 0.222 e. The van der Waals surface area contributed by atoms with Crippen molar-refractivity contribution in [3.8, 4) is 5.75 Å². The SMILES string of the molecule is CN(Cc1ccc(O)cc1)C(=O)CC1CC2CCC(C1)N2. The fourth-order valence-electron chi connectivity index (χ4n) is 3.71. The van der Waals surface area contributed by atoms with Gasteiger partial charge in [0.05, 0.1) is 0 Å². The number of amides is 1. The molecule has 4 heteroatoms. The van der Waals surface area contributed by atoms with E-state index in [4.69, 9.17) is 0 Å². The van der Waals surface area contributed by atoms with E-state index in [9.17, 15) is 9.90 Å². The lowest BCUT2D eigenvalue weighted by Gasteiger charge is -2.30. The van der Waals surface area contributed by atoms with Crippen LogP contribution in [0.4, 0.5) is 0 Å². The Bertz CT molecular complexity index is 488. The van der Waals surface area contributed by atoms with Gasteiger partial charge in [-0.05, 0) is 49.3 Å². The van der Waals surface area contributed by atoms with Gasteiger partial charge in [-0.2, -0.15) is 0 Å². The Kier molecular flexibility index (Phi) is 4.15. The minimum absolute atomic E-state index is 0.231. The van der Waals surface area contributed by atoms with Crippen LogP contribution < -0.4 is 5.32 Å². The van der Waals surface area contributed by atoms with Crippen LogP contribution >= 0.6 is 0 Å². The average Bonchev–Trinajstić information content (AvgIpc) is 2.80. The average molecular weight is 288 g/mol. The summed E-state index contributed by atoms with van der Waals surface area (Å²) in [7, 11) is 1.87. The molecule has 0 aromatic heterocycles. The number of aromatic hydroxyl groups is 1. The molecule has 21 heavy (non-hydrogen) atoms. The minimum Gasteiger partial charge on any atom is -0.508 e. The molecule has 1 aromatic carbocycles. The molecule has 1 aromatic rings. The van der Waals surface area contributed by atoms with Gasteiger partial charge in [0.15, 0.2) is 0 Å². The summed E-state index contributed by atoms with van der Waals surface area (Å²) in [6.07, 6.45) is 5.52. The third-order valence-electron chi connectivity index (χ3n) is 4.82. The summed E-state index contributed by atoms with van der Waals surface area (Å²) < 4.78 is 0. The van der Waals surface area contributed by atoms with Crippen LogP contribution in [0.1, 0.15) is 37.7 Å². The molecule has 2 saturated heterocycles. The van der Waals surface area contributed by atoms with E-state index in [0.29, 0.717) is 31.0 Å². The summed E-state index contributed by atoms with van der Waals surface area (Å²) in [6, 6.07) is 8.34. The van der Waals surface area contributed by atoms with Gasteiger partial charge >= 0.3 is 0 Å². The van der Waals surface area contributed by atoms with Gasteiger partial charge in [-0.1, -0.05) is 12.1 Å². The maximum atomic E-state index is 12.4. The van der Waals surface area contributed by atoms with Gasteiger partial charge in [0.2, 0.25) is 5.91 Å². The van der Waals surface area contributed by atoms with Crippen LogP contribution in [0.15, 0.2) is 24.3 Å². The van der Waals surface area contributed by atoms with Crippen LogP contribution in [0.5, 0.6) is 5.75 Å². The van der Waals surface area contributed by atoms with Crippen molar-refractivity contribution < 1.29 is 9.90 Å². The van der Waals surface area contributed by atoms with Crippen LogP contribution in [-0.2, 0) is 11.3 Å². The summed E-state index contributed by atoms with van der Waals surface area (Å²) in [4.78, 5) is 14.2. The molecule has 2 aliphatic heterocycles. The standard InChI is InChI=1S/C17H24N2O2/c1-19(11-12-2-6-16(20)7-3-12)17(21)10-13-8-14-4-5-15(9-13)18-14/h2-3,6-7,13-15,18,20H,4-5,8-11H2,1H3. The van der Waals surface area contributed by atoms with E-state index in [1.165, 1.54) is 12.8 Å². The first kappa shape index (κ1) is 14.4. The molecule has 2 heterocycles. The fraction of sp³-hybridized carbons (Fsp3) is 0.588. The van der Waals surface area contributed by atoms with Gasteiger partial charge in [-0.3, -0.25) is 4.79 Å². The van der Waals surface area contributed by atoms with Crippen molar-refractivity contribution in [3.05, 3.63) is 29.8 Å². The Balaban J connectivity index is 1.51. The molecule has 2 bridgehead atoms. The number of phenolic OH excluding ortho intramolecular Hbond substituents is 1. The molecule has 114 valence electrons. The largest absolute Gasteiger partial charge is 0.508 e. The first-order valence-corrected chi connectivity index (χ1v) is 7.88.